The molecule has 0 unspecified atom stereocenters. The van der Waals surface area contributed by atoms with E-state index in [2.05, 4.69) is 15.3 Å². The standard InChI is InChI=1S/C27H25N3O3/c1-19-13-22(14-20(2)26(19)33-17-21-7-6-11-28-16-21)27(31)30-23-9-5-10-25(15-23)32-18-24-8-3-4-12-29-24/h3-16H,17-18H2,1-2H3,(H,30,31). The molecule has 0 fully saturated rings. The Morgan fingerprint density at radius 2 is 1.73 bits per heavy atom. The molecule has 0 bridgehead atoms. The van der Waals surface area contributed by atoms with Crippen molar-refractivity contribution in [2.75, 3.05) is 5.32 Å². The summed E-state index contributed by atoms with van der Waals surface area (Å²) < 4.78 is 11.8. The Hall–Kier alpha value is -4.19. The van der Waals surface area contributed by atoms with Gasteiger partial charge in [-0.2, -0.15) is 0 Å². The zero-order valence-corrected chi connectivity index (χ0v) is 18.6. The lowest BCUT2D eigenvalue weighted by atomic mass is 10.0. The maximum atomic E-state index is 12.9. The van der Waals surface area contributed by atoms with E-state index >= 15 is 0 Å². The number of ether oxygens (including phenoxy) is 2. The van der Waals surface area contributed by atoms with Gasteiger partial charge in [0.25, 0.3) is 5.91 Å². The second-order valence-corrected chi connectivity index (χ2v) is 7.68. The zero-order valence-electron chi connectivity index (χ0n) is 18.6. The predicted molar refractivity (Wildman–Crippen MR) is 127 cm³/mol. The third kappa shape index (κ3) is 5.95. The van der Waals surface area contributed by atoms with E-state index in [0.29, 0.717) is 30.2 Å². The molecule has 2 aromatic carbocycles. The minimum atomic E-state index is -0.193. The molecule has 4 rings (SSSR count). The van der Waals surface area contributed by atoms with Gasteiger partial charge in [0, 0.05) is 41.5 Å². The first-order valence-corrected chi connectivity index (χ1v) is 10.7. The Morgan fingerprint density at radius 3 is 2.45 bits per heavy atom. The number of aromatic nitrogens is 2. The van der Waals surface area contributed by atoms with Crippen molar-refractivity contribution < 1.29 is 14.3 Å². The van der Waals surface area contributed by atoms with E-state index in [1.807, 2.05) is 74.5 Å². The number of carbonyl (C=O) groups excluding carboxylic acids is 1. The summed E-state index contributed by atoms with van der Waals surface area (Å²) in [6.07, 6.45) is 5.24. The van der Waals surface area contributed by atoms with Gasteiger partial charge in [-0.3, -0.25) is 14.8 Å². The molecule has 2 heterocycles. The number of nitrogens with zero attached hydrogens (tertiary/aromatic N) is 2. The highest BCUT2D eigenvalue weighted by Crippen LogP contribution is 2.27. The van der Waals surface area contributed by atoms with Crippen LogP contribution in [0.5, 0.6) is 11.5 Å². The van der Waals surface area contributed by atoms with E-state index in [0.717, 1.165) is 28.1 Å². The molecule has 0 radical (unpaired) electrons. The van der Waals surface area contributed by atoms with Crippen LogP contribution in [-0.4, -0.2) is 15.9 Å². The summed E-state index contributed by atoms with van der Waals surface area (Å²) in [5.41, 5.74) is 4.85. The van der Waals surface area contributed by atoms with Crippen molar-refractivity contribution in [3.63, 3.8) is 0 Å². The molecule has 2 aromatic heterocycles. The minimum absolute atomic E-state index is 0.193. The van der Waals surface area contributed by atoms with Crippen LogP contribution in [0.15, 0.2) is 85.3 Å². The van der Waals surface area contributed by atoms with Gasteiger partial charge < -0.3 is 14.8 Å². The van der Waals surface area contributed by atoms with E-state index in [9.17, 15) is 4.79 Å². The largest absolute Gasteiger partial charge is 0.488 e. The van der Waals surface area contributed by atoms with Crippen LogP contribution < -0.4 is 14.8 Å². The van der Waals surface area contributed by atoms with Crippen LogP contribution in [0.1, 0.15) is 32.7 Å². The number of anilines is 1. The summed E-state index contributed by atoms with van der Waals surface area (Å²) in [6.45, 7) is 4.66. The molecular weight excluding hydrogens is 414 g/mol. The number of benzene rings is 2. The molecule has 0 saturated carbocycles. The van der Waals surface area contributed by atoms with Crippen molar-refractivity contribution in [3.05, 3.63) is 113 Å². The number of hydrogen-bond acceptors (Lipinski definition) is 5. The van der Waals surface area contributed by atoms with E-state index in [-0.39, 0.29) is 5.91 Å². The van der Waals surface area contributed by atoms with Crippen molar-refractivity contribution >= 4 is 11.6 Å². The molecule has 33 heavy (non-hydrogen) atoms. The van der Waals surface area contributed by atoms with E-state index < -0.39 is 0 Å². The summed E-state index contributed by atoms with van der Waals surface area (Å²) in [6, 6.07) is 20.5. The summed E-state index contributed by atoms with van der Waals surface area (Å²) in [5.74, 6) is 1.24. The van der Waals surface area contributed by atoms with Gasteiger partial charge in [-0.25, -0.2) is 0 Å². The van der Waals surface area contributed by atoms with Gasteiger partial charge in [-0.05, 0) is 67.4 Å². The lowest BCUT2D eigenvalue weighted by molar-refractivity contribution is 0.102. The molecule has 1 N–H and O–H groups in total. The molecule has 0 aliphatic heterocycles. The average Bonchev–Trinajstić information content (AvgIpc) is 2.83. The molecule has 0 spiro atoms. The summed E-state index contributed by atoms with van der Waals surface area (Å²) in [5, 5.41) is 2.94. The van der Waals surface area contributed by atoms with Crippen LogP contribution in [0, 0.1) is 13.8 Å². The predicted octanol–water partition coefficient (Wildman–Crippen LogP) is 5.50. The normalized spacial score (nSPS) is 10.5. The fraction of sp³-hybridized carbons (Fsp3) is 0.148. The third-order valence-corrected chi connectivity index (χ3v) is 5.03. The molecule has 0 aliphatic carbocycles. The van der Waals surface area contributed by atoms with E-state index in [4.69, 9.17) is 9.47 Å². The van der Waals surface area contributed by atoms with E-state index in [1.54, 1.807) is 24.7 Å². The van der Waals surface area contributed by atoms with Crippen molar-refractivity contribution in [2.24, 2.45) is 0 Å². The number of hydrogen-bond donors (Lipinski definition) is 1. The topological polar surface area (TPSA) is 73.3 Å². The fourth-order valence-electron chi connectivity index (χ4n) is 3.46. The lowest BCUT2D eigenvalue weighted by Crippen LogP contribution is -2.13. The number of pyridine rings is 2. The highest BCUT2D eigenvalue weighted by atomic mass is 16.5. The Kier molecular flexibility index (Phi) is 6.95. The fourth-order valence-corrected chi connectivity index (χ4v) is 3.46. The number of amides is 1. The first-order chi connectivity index (χ1) is 16.1. The number of aryl methyl sites for hydroxylation is 2. The molecule has 0 atom stereocenters. The van der Waals surface area contributed by atoms with Gasteiger partial charge in [0.15, 0.2) is 0 Å². The molecule has 1 amide bonds. The third-order valence-electron chi connectivity index (χ3n) is 5.03. The molecule has 6 heteroatoms. The number of rotatable bonds is 8. The molecule has 0 aliphatic rings. The highest BCUT2D eigenvalue weighted by Gasteiger charge is 2.13. The van der Waals surface area contributed by atoms with Gasteiger partial charge in [0.05, 0.1) is 5.69 Å². The summed E-state index contributed by atoms with van der Waals surface area (Å²) in [4.78, 5) is 21.2. The monoisotopic (exact) mass is 439 g/mol. The van der Waals surface area contributed by atoms with Crippen LogP contribution in [0.25, 0.3) is 0 Å². The van der Waals surface area contributed by atoms with Crippen LogP contribution in [0.2, 0.25) is 0 Å². The maximum absolute atomic E-state index is 12.9. The number of carbonyl (C=O) groups is 1. The molecule has 6 nitrogen and oxygen atoms in total. The smallest absolute Gasteiger partial charge is 0.255 e. The Labute approximate surface area is 193 Å². The van der Waals surface area contributed by atoms with Crippen molar-refractivity contribution in [3.8, 4) is 11.5 Å². The summed E-state index contributed by atoms with van der Waals surface area (Å²) >= 11 is 0. The second kappa shape index (κ2) is 10.4. The van der Waals surface area contributed by atoms with E-state index in [1.165, 1.54) is 0 Å². The molecule has 0 saturated heterocycles. The van der Waals surface area contributed by atoms with Gasteiger partial charge in [0.2, 0.25) is 0 Å². The molecule has 4 aromatic rings. The van der Waals surface area contributed by atoms with Gasteiger partial charge >= 0.3 is 0 Å². The van der Waals surface area contributed by atoms with Gasteiger partial charge in [-0.15, -0.1) is 0 Å². The van der Waals surface area contributed by atoms with Crippen molar-refractivity contribution in [1.82, 2.24) is 9.97 Å². The van der Waals surface area contributed by atoms with Gasteiger partial charge in [0.1, 0.15) is 24.7 Å². The lowest BCUT2D eigenvalue weighted by Gasteiger charge is -2.14. The first kappa shape index (κ1) is 22.0. The Bertz CT molecular complexity index is 1200. The van der Waals surface area contributed by atoms with Crippen LogP contribution in [0.3, 0.4) is 0 Å². The Morgan fingerprint density at radius 1 is 0.879 bits per heavy atom. The molecule has 166 valence electrons. The van der Waals surface area contributed by atoms with Crippen LogP contribution in [0.4, 0.5) is 5.69 Å². The summed E-state index contributed by atoms with van der Waals surface area (Å²) in [7, 11) is 0. The Balaban J connectivity index is 1.41. The van der Waals surface area contributed by atoms with Gasteiger partial charge in [-0.1, -0.05) is 18.2 Å². The van der Waals surface area contributed by atoms with Crippen LogP contribution in [-0.2, 0) is 13.2 Å². The SMILES string of the molecule is Cc1cc(C(=O)Nc2cccc(OCc3ccccn3)c2)cc(C)c1OCc1cccnc1. The zero-order chi connectivity index (χ0) is 23.0. The van der Waals surface area contributed by atoms with Crippen molar-refractivity contribution in [1.29, 1.82) is 0 Å². The minimum Gasteiger partial charge on any atom is -0.488 e. The first-order valence-electron chi connectivity index (χ1n) is 10.7. The quantitative estimate of drug-likeness (QED) is 0.392. The number of nitrogens with one attached hydrogen (secondary N) is 1. The van der Waals surface area contributed by atoms with Crippen molar-refractivity contribution in [2.45, 2.75) is 27.1 Å². The highest BCUT2D eigenvalue weighted by molar-refractivity contribution is 6.04. The molecular formula is C27H25N3O3. The second-order valence-electron chi connectivity index (χ2n) is 7.68. The maximum Gasteiger partial charge on any atom is 0.255 e. The van der Waals surface area contributed by atoms with Crippen LogP contribution >= 0.6 is 0 Å². The average molecular weight is 440 g/mol.